The van der Waals surface area contributed by atoms with E-state index < -0.39 is 0 Å². The van der Waals surface area contributed by atoms with E-state index in [0.717, 1.165) is 42.8 Å². The average Bonchev–Trinajstić information content (AvgIpc) is 3.17. The van der Waals surface area contributed by atoms with Gasteiger partial charge in [-0.1, -0.05) is 30.3 Å². The maximum atomic E-state index is 12.6. The monoisotopic (exact) mass is 350 g/mol. The normalized spacial score (nSPS) is 16.6. The lowest BCUT2D eigenvalue weighted by Gasteiger charge is -2.32. The third kappa shape index (κ3) is 3.24. The van der Waals surface area contributed by atoms with Gasteiger partial charge in [-0.15, -0.1) is 0 Å². The number of anilines is 1. The number of nitrogens with one attached hydrogen (secondary N) is 2. The maximum absolute atomic E-state index is 12.6. The molecule has 1 aliphatic heterocycles. The summed E-state index contributed by atoms with van der Waals surface area (Å²) in [6.07, 6.45) is 4.80. The first-order valence-electron chi connectivity index (χ1n) is 8.96. The van der Waals surface area contributed by atoms with Crippen LogP contribution in [0.5, 0.6) is 0 Å². The van der Waals surface area contributed by atoms with Gasteiger partial charge in [-0.3, -0.25) is 4.79 Å². The smallest absolute Gasteiger partial charge is 0.223 e. The van der Waals surface area contributed by atoms with E-state index >= 15 is 0 Å². The van der Waals surface area contributed by atoms with Crippen LogP contribution in [-0.4, -0.2) is 38.9 Å². The van der Waals surface area contributed by atoms with E-state index in [4.69, 9.17) is 0 Å². The molecule has 1 saturated heterocycles. The number of benzene rings is 1. The first-order valence-corrected chi connectivity index (χ1v) is 8.96. The summed E-state index contributed by atoms with van der Waals surface area (Å²) in [5.41, 5.74) is 2.65. The van der Waals surface area contributed by atoms with Crippen molar-refractivity contribution in [1.29, 1.82) is 0 Å². The number of amides is 1. The van der Waals surface area contributed by atoms with Crippen LogP contribution in [0.4, 0.5) is 5.82 Å². The van der Waals surface area contributed by atoms with Crippen molar-refractivity contribution in [3.63, 3.8) is 0 Å². The van der Waals surface area contributed by atoms with E-state index in [1.807, 2.05) is 37.3 Å². The number of aromatic nitrogens is 4. The molecule has 1 aliphatic rings. The molecule has 134 valence electrons. The van der Waals surface area contributed by atoms with Gasteiger partial charge in [0.15, 0.2) is 11.5 Å². The predicted molar refractivity (Wildman–Crippen MR) is 99.6 cm³/mol. The van der Waals surface area contributed by atoms with E-state index in [9.17, 15) is 4.79 Å². The number of aromatic amines is 1. The van der Waals surface area contributed by atoms with Crippen molar-refractivity contribution < 1.29 is 4.79 Å². The van der Waals surface area contributed by atoms with Crippen molar-refractivity contribution in [3.05, 3.63) is 48.5 Å². The van der Waals surface area contributed by atoms with Crippen LogP contribution >= 0.6 is 0 Å². The summed E-state index contributed by atoms with van der Waals surface area (Å²) in [5, 5.41) is 3.15. The largest absolute Gasteiger partial charge is 0.355 e. The first kappa shape index (κ1) is 16.5. The van der Waals surface area contributed by atoms with E-state index in [-0.39, 0.29) is 17.9 Å². The van der Waals surface area contributed by atoms with Gasteiger partial charge in [0.05, 0.1) is 12.4 Å². The quantitative estimate of drug-likeness (QED) is 0.755. The topological polar surface area (TPSA) is 86.8 Å². The highest BCUT2D eigenvalue weighted by molar-refractivity contribution is 5.83. The molecule has 2 N–H and O–H groups in total. The van der Waals surface area contributed by atoms with Gasteiger partial charge in [-0.2, -0.15) is 0 Å². The molecule has 0 aliphatic carbocycles. The summed E-state index contributed by atoms with van der Waals surface area (Å²) in [6.45, 7) is 3.62. The van der Waals surface area contributed by atoms with Crippen molar-refractivity contribution in [2.45, 2.75) is 25.8 Å². The second kappa shape index (κ2) is 7.11. The molecular weight excluding hydrogens is 328 g/mol. The molecule has 7 heteroatoms. The third-order valence-corrected chi connectivity index (χ3v) is 5.03. The number of hydrogen-bond donors (Lipinski definition) is 2. The third-order valence-electron chi connectivity index (χ3n) is 5.03. The Balaban J connectivity index is 1.37. The van der Waals surface area contributed by atoms with Crippen molar-refractivity contribution in [3.8, 4) is 0 Å². The Morgan fingerprint density at radius 1 is 1.19 bits per heavy atom. The van der Waals surface area contributed by atoms with Crippen molar-refractivity contribution in [1.82, 2.24) is 25.3 Å². The number of nitrogens with zero attached hydrogens (tertiary/aromatic N) is 4. The molecule has 0 saturated carbocycles. The van der Waals surface area contributed by atoms with Crippen molar-refractivity contribution >= 4 is 22.9 Å². The molecule has 0 bridgehead atoms. The molecule has 3 aromatic rings. The molecule has 1 atom stereocenters. The Bertz CT molecular complexity index is 885. The maximum Gasteiger partial charge on any atom is 0.223 e. The molecule has 0 spiro atoms. The van der Waals surface area contributed by atoms with Gasteiger partial charge in [0.1, 0.15) is 11.8 Å². The molecule has 4 rings (SSSR count). The molecule has 0 radical (unpaired) electrons. The molecule has 26 heavy (non-hydrogen) atoms. The van der Waals surface area contributed by atoms with Gasteiger partial charge >= 0.3 is 0 Å². The molecule has 0 unspecified atom stereocenters. The van der Waals surface area contributed by atoms with Gasteiger partial charge in [-0.25, -0.2) is 15.0 Å². The summed E-state index contributed by atoms with van der Waals surface area (Å²) in [4.78, 5) is 30.7. The van der Waals surface area contributed by atoms with Gasteiger partial charge < -0.3 is 15.2 Å². The molecule has 1 fully saturated rings. The van der Waals surface area contributed by atoms with Crippen molar-refractivity contribution in [2.75, 3.05) is 18.0 Å². The fourth-order valence-electron chi connectivity index (χ4n) is 3.50. The van der Waals surface area contributed by atoms with Crippen LogP contribution in [0.1, 0.15) is 31.4 Å². The number of carbonyl (C=O) groups excluding carboxylic acids is 1. The summed E-state index contributed by atoms with van der Waals surface area (Å²) in [6, 6.07) is 10.1. The zero-order valence-electron chi connectivity index (χ0n) is 14.7. The fraction of sp³-hybridized carbons (Fsp3) is 0.368. The highest BCUT2D eigenvalue weighted by atomic mass is 16.1. The van der Waals surface area contributed by atoms with Crippen LogP contribution in [-0.2, 0) is 4.79 Å². The Morgan fingerprint density at radius 3 is 2.73 bits per heavy atom. The molecule has 2 aromatic heterocycles. The minimum absolute atomic E-state index is 0.0215. The number of hydrogen-bond acceptors (Lipinski definition) is 5. The van der Waals surface area contributed by atoms with Gasteiger partial charge in [0, 0.05) is 19.0 Å². The fourth-order valence-corrected chi connectivity index (χ4v) is 3.50. The number of rotatable bonds is 4. The number of H-pyrrole nitrogens is 1. The number of piperidine rings is 1. The van der Waals surface area contributed by atoms with Crippen LogP contribution < -0.4 is 10.2 Å². The summed E-state index contributed by atoms with van der Waals surface area (Å²) in [5.74, 6) is 1.04. The van der Waals surface area contributed by atoms with Crippen LogP contribution in [0.15, 0.2) is 43.0 Å². The summed E-state index contributed by atoms with van der Waals surface area (Å²) >= 11 is 0. The van der Waals surface area contributed by atoms with Gasteiger partial charge in [0.2, 0.25) is 5.91 Å². The predicted octanol–water partition coefficient (Wildman–Crippen LogP) is 2.45. The molecular formula is C19H22N6O. The lowest BCUT2D eigenvalue weighted by Crippen LogP contribution is -2.41. The van der Waals surface area contributed by atoms with Crippen LogP contribution in [0, 0.1) is 5.92 Å². The van der Waals surface area contributed by atoms with Crippen LogP contribution in [0.2, 0.25) is 0 Å². The number of carbonyl (C=O) groups is 1. The molecule has 7 nitrogen and oxygen atoms in total. The van der Waals surface area contributed by atoms with Crippen LogP contribution in [0.3, 0.4) is 0 Å². The van der Waals surface area contributed by atoms with Crippen LogP contribution in [0.25, 0.3) is 11.2 Å². The number of fused-ring (bicyclic) bond motifs is 1. The highest BCUT2D eigenvalue weighted by Gasteiger charge is 2.27. The van der Waals surface area contributed by atoms with Gasteiger partial charge in [0.25, 0.3) is 0 Å². The second-order valence-corrected chi connectivity index (χ2v) is 6.70. The highest BCUT2D eigenvalue weighted by Crippen LogP contribution is 2.26. The Hall–Kier alpha value is -2.96. The molecule has 3 heterocycles. The van der Waals surface area contributed by atoms with Gasteiger partial charge in [-0.05, 0) is 25.3 Å². The van der Waals surface area contributed by atoms with E-state index in [2.05, 4.69) is 30.2 Å². The Labute approximate surface area is 151 Å². The zero-order valence-corrected chi connectivity index (χ0v) is 14.7. The summed E-state index contributed by atoms with van der Waals surface area (Å²) in [7, 11) is 0. The Morgan fingerprint density at radius 2 is 1.96 bits per heavy atom. The average molecular weight is 350 g/mol. The van der Waals surface area contributed by atoms with E-state index in [1.165, 1.54) is 0 Å². The lowest BCUT2D eigenvalue weighted by molar-refractivity contribution is -0.126. The number of imidazole rings is 1. The van der Waals surface area contributed by atoms with E-state index in [1.54, 1.807) is 12.7 Å². The standard InChI is InChI=1S/C19H22N6O/c1-13(14-5-3-2-4-6-14)24-19(26)15-7-9-25(10-8-15)18-16-17(21-11-20-16)22-12-23-18/h2-6,11-13,15H,7-10H2,1H3,(H,24,26)(H,20,21,22,23)/t13-/m1/s1. The lowest BCUT2D eigenvalue weighted by atomic mass is 9.95. The minimum Gasteiger partial charge on any atom is -0.355 e. The van der Waals surface area contributed by atoms with Crippen molar-refractivity contribution in [2.24, 2.45) is 5.92 Å². The van der Waals surface area contributed by atoms with E-state index in [0.29, 0.717) is 5.65 Å². The first-order chi connectivity index (χ1) is 12.7. The molecule has 1 amide bonds. The minimum atomic E-state index is 0.0215. The summed E-state index contributed by atoms with van der Waals surface area (Å²) < 4.78 is 0. The Kier molecular flexibility index (Phi) is 4.51. The SMILES string of the molecule is C[C@@H](NC(=O)C1CCN(c2ncnc3nc[nH]c23)CC1)c1ccccc1. The zero-order chi connectivity index (χ0) is 17.9. The second-order valence-electron chi connectivity index (χ2n) is 6.70. The molecule has 1 aromatic carbocycles.